The Bertz CT molecular complexity index is 95.9. The highest BCUT2D eigenvalue weighted by molar-refractivity contribution is 5.77. The van der Waals surface area contributed by atoms with Crippen LogP contribution in [0.15, 0.2) is 5.16 Å². The summed E-state index contributed by atoms with van der Waals surface area (Å²) in [4.78, 5) is 0. The van der Waals surface area contributed by atoms with E-state index in [9.17, 15) is 0 Å². The lowest BCUT2D eigenvalue weighted by atomic mass is 10.6. The van der Waals surface area contributed by atoms with Crippen LogP contribution in [0.4, 0.5) is 0 Å². The fourth-order valence-electron chi connectivity index (χ4n) is 0.0934. The zero-order valence-electron chi connectivity index (χ0n) is 3.47. The maximum Gasteiger partial charge on any atom is 0.116 e. The molecule has 0 aliphatic rings. The molecule has 0 aliphatic carbocycles. The van der Waals surface area contributed by atoms with E-state index in [2.05, 4.69) is 17.0 Å². The Balaban J connectivity index is 3.24. The van der Waals surface area contributed by atoms with Gasteiger partial charge in [-0.25, -0.2) is 0 Å². The fourth-order valence-corrected chi connectivity index (χ4v) is 0.0934. The fraction of sp³-hybridized carbons (Fsp3) is 0.250. The molecule has 1 N–H and O–H groups in total. The van der Waals surface area contributed by atoms with Gasteiger partial charge in [0.2, 0.25) is 0 Å². The summed E-state index contributed by atoms with van der Waals surface area (Å²) in [6, 6.07) is 0. The molecule has 0 amide bonds. The van der Waals surface area contributed by atoms with Gasteiger partial charge >= 0.3 is 0 Å². The summed E-state index contributed by atoms with van der Waals surface area (Å²) < 4.78 is 0. The van der Waals surface area contributed by atoms with Crippen LogP contribution in [0.25, 0.3) is 0 Å². The quantitative estimate of drug-likeness (QED) is 0.196. The van der Waals surface area contributed by atoms with E-state index in [1.807, 2.05) is 0 Å². The smallest absolute Gasteiger partial charge is 0.116 e. The topological polar surface area (TPSA) is 32.6 Å². The van der Waals surface area contributed by atoms with Crippen LogP contribution in [0.2, 0.25) is 0 Å². The normalized spacial score (nSPS) is 7.50. The van der Waals surface area contributed by atoms with Crippen molar-refractivity contribution in [2.24, 2.45) is 5.16 Å². The van der Waals surface area contributed by atoms with Gasteiger partial charge in [0.25, 0.3) is 0 Å². The first kappa shape index (κ1) is 5.03. The number of nitrogens with zero attached hydrogens (tertiary/aromatic N) is 1. The van der Waals surface area contributed by atoms with E-state index in [4.69, 9.17) is 5.21 Å². The predicted octanol–water partition coefficient (Wildman–Crippen LogP) is 0.470. The van der Waals surface area contributed by atoms with Crippen LogP contribution in [0.5, 0.6) is 0 Å². The Morgan fingerprint density at radius 3 is 2.67 bits per heavy atom. The second-order valence-corrected chi connectivity index (χ2v) is 0.639. The molecule has 0 unspecified atom stereocenters. The van der Waals surface area contributed by atoms with Crippen LogP contribution in [0.1, 0.15) is 6.92 Å². The molecule has 0 aliphatic heterocycles. The summed E-state index contributed by atoms with van der Waals surface area (Å²) >= 11 is 0. The van der Waals surface area contributed by atoms with E-state index in [1.165, 1.54) is 0 Å². The Labute approximate surface area is 36.5 Å². The molecule has 0 radical (unpaired) electrons. The maximum absolute atomic E-state index is 7.66. The van der Waals surface area contributed by atoms with Gasteiger partial charge in [-0.3, -0.25) is 0 Å². The Morgan fingerprint density at radius 2 is 2.50 bits per heavy atom. The third-order valence-electron chi connectivity index (χ3n) is 0.267. The van der Waals surface area contributed by atoms with Crippen molar-refractivity contribution >= 4 is 6.21 Å². The SMILES string of the molecule is CC#C/C=N\O. The molecule has 6 heavy (non-hydrogen) atoms. The molecule has 2 nitrogen and oxygen atoms in total. The van der Waals surface area contributed by atoms with Gasteiger partial charge in [0.05, 0.1) is 0 Å². The minimum atomic E-state index is 1.12. The second-order valence-electron chi connectivity index (χ2n) is 0.639. The van der Waals surface area contributed by atoms with Crippen LogP contribution in [-0.4, -0.2) is 11.4 Å². The summed E-state index contributed by atoms with van der Waals surface area (Å²) in [5.74, 6) is 4.92. The molecule has 0 aromatic rings. The van der Waals surface area contributed by atoms with Crippen LogP contribution >= 0.6 is 0 Å². The van der Waals surface area contributed by atoms with E-state index in [0.717, 1.165) is 6.21 Å². The average Bonchev–Trinajstić information content (AvgIpc) is 1.61. The summed E-state index contributed by atoms with van der Waals surface area (Å²) in [6.07, 6.45) is 1.12. The highest BCUT2D eigenvalue weighted by Gasteiger charge is 1.47. The molecule has 0 aromatic carbocycles. The molecule has 0 atom stereocenters. The first-order chi connectivity index (χ1) is 2.91. The minimum absolute atomic E-state index is 1.12. The Morgan fingerprint density at radius 1 is 1.83 bits per heavy atom. The van der Waals surface area contributed by atoms with Crippen molar-refractivity contribution in [3.05, 3.63) is 0 Å². The van der Waals surface area contributed by atoms with Crippen LogP contribution in [-0.2, 0) is 0 Å². The monoisotopic (exact) mass is 83.0 g/mol. The maximum atomic E-state index is 7.66. The van der Waals surface area contributed by atoms with Crippen molar-refractivity contribution in [2.45, 2.75) is 6.92 Å². The first-order valence-corrected chi connectivity index (χ1v) is 1.50. The minimum Gasteiger partial charge on any atom is -0.410 e. The van der Waals surface area contributed by atoms with E-state index >= 15 is 0 Å². The zero-order chi connectivity index (χ0) is 4.83. The van der Waals surface area contributed by atoms with Crippen molar-refractivity contribution in [2.75, 3.05) is 0 Å². The molecule has 0 fully saturated rings. The van der Waals surface area contributed by atoms with E-state index in [1.54, 1.807) is 6.92 Å². The van der Waals surface area contributed by atoms with Gasteiger partial charge in [-0.2, -0.15) is 0 Å². The van der Waals surface area contributed by atoms with Crippen molar-refractivity contribution < 1.29 is 5.21 Å². The van der Waals surface area contributed by atoms with Crippen molar-refractivity contribution in [3.8, 4) is 11.8 Å². The first-order valence-electron chi connectivity index (χ1n) is 1.50. The van der Waals surface area contributed by atoms with Gasteiger partial charge in [0.15, 0.2) is 0 Å². The molecule has 32 valence electrons. The molecular weight excluding hydrogens is 78.0 g/mol. The third kappa shape index (κ3) is 3.03. The van der Waals surface area contributed by atoms with Gasteiger partial charge in [-0.05, 0) is 6.92 Å². The number of oxime groups is 1. The molecule has 0 heterocycles. The molecule has 0 spiro atoms. The Hall–Kier alpha value is -0.970. The molecule has 0 saturated heterocycles. The molecule has 0 aromatic heterocycles. The third-order valence-corrected chi connectivity index (χ3v) is 0.267. The molecule has 0 rings (SSSR count). The van der Waals surface area contributed by atoms with Crippen molar-refractivity contribution in [1.29, 1.82) is 0 Å². The van der Waals surface area contributed by atoms with Gasteiger partial charge in [-0.1, -0.05) is 11.1 Å². The van der Waals surface area contributed by atoms with Crippen LogP contribution < -0.4 is 0 Å². The van der Waals surface area contributed by atoms with E-state index in [0.29, 0.717) is 0 Å². The Kier molecular flexibility index (Phi) is 3.38. The highest BCUT2D eigenvalue weighted by Crippen LogP contribution is 1.46. The predicted molar refractivity (Wildman–Crippen MR) is 23.7 cm³/mol. The van der Waals surface area contributed by atoms with Crippen LogP contribution in [0.3, 0.4) is 0 Å². The lowest BCUT2D eigenvalue weighted by Gasteiger charge is -1.57. The van der Waals surface area contributed by atoms with Gasteiger partial charge in [0.1, 0.15) is 6.21 Å². The summed E-state index contributed by atoms with van der Waals surface area (Å²) in [7, 11) is 0. The van der Waals surface area contributed by atoms with E-state index in [-0.39, 0.29) is 0 Å². The van der Waals surface area contributed by atoms with Crippen molar-refractivity contribution in [1.82, 2.24) is 0 Å². The van der Waals surface area contributed by atoms with Crippen LogP contribution in [0, 0.1) is 11.8 Å². The molecular formula is C4H5NO. The summed E-state index contributed by atoms with van der Waals surface area (Å²) in [5.41, 5.74) is 0. The second kappa shape index (κ2) is 4.03. The zero-order valence-corrected chi connectivity index (χ0v) is 3.47. The summed E-state index contributed by atoms with van der Waals surface area (Å²) in [6.45, 7) is 1.67. The standard InChI is InChI=1S/C4H5NO/c1-2-3-4-5-6/h4,6H,1H3/b5-4-. The van der Waals surface area contributed by atoms with Crippen molar-refractivity contribution in [3.63, 3.8) is 0 Å². The van der Waals surface area contributed by atoms with E-state index < -0.39 is 0 Å². The lowest BCUT2D eigenvalue weighted by molar-refractivity contribution is 0.322. The number of hydrogen-bond donors (Lipinski definition) is 1. The summed E-state index contributed by atoms with van der Waals surface area (Å²) in [5, 5.41) is 10.3. The highest BCUT2D eigenvalue weighted by atomic mass is 16.4. The number of rotatable bonds is 0. The molecule has 0 bridgehead atoms. The largest absolute Gasteiger partial charge is 0.410 e. The van der Waals surface area contributed by atoms with Gasteiger partial charge < -0.3 is 5.21 Å². The van der Waals surface area contributed by atoms with Gasteiger partial charge in [-0.15, -0.1) is 5.92 Å². The average molecular weight is 83.1 g/mol. The molecule has 2 heteroatoms. The number of hydrogen-bond acceptors (Lipinski definition) is 2. The lowest BCUT2D eigenvalue weighted by Crippen LogP contribution is -1.58. The molecule has 0 saturated carbocycles. The van der Waals surface area contributed by atoms with Gasteiger partial charge in [0, 0.05) is 0 Å².